The fraction of sp³-hybridized carbons (Fsp3) is 0.0833. The molecule has 0 atom stereocenters. The Morgan fingerprint density at radius 1 is 0.828 bits per heavy atom. The third-order valence-electron chi connectivity index (χ3n) is 4.69. The number of hydrogen-bond donors (Lipinski definition) is 0. The molecule has 29 heavy (non-hydrogen) atoms. The Bertz CT molecular complexity index is 1070. The largest absolute Gasteiger partial charge is 0.290 e. The zero-order chi connectivity index (χ0) is 20.2. The van der Waals surface area contributed by atoms with E-state index in [2.05, 4.69) is 4.99 Å². The number of benzene rings is 3. The molecular formula is C24H18Cl2N2O. The number of aliphatic imine (C=N–C) groups is 1. The molecule has 0 aliphatic carbocycles. The maximum absolute atomic E-state index is 13.1. The highest BCUT2D eigenvalue weighted by Gasteiger charge is 2.30. The van der Waals surface area contributed by atoms with Crippen LogP contribution in [0.2, 0.25) is 10.0 Å². The summed E-state index contributed by atoms with van der Waals surface area (Å²) >= 11 is 11.9. The first-order valence-electron chi connectivity index (χ1n) is 9.28. The van der Waals surface area contributed by atoms with Gasteiger partial charge in [0.1, 0.15) is 11.5 Å². The highest BCUT2D eigenvalue weighted by Crippen LogP contribution is 2.23. The topological polar surface area (TPSA) is 32.7 Å². The van der Waals surface area contributed by atoms with Gasteiger partial charge in [0.25, 0.3) is 5.91 Å². The Morgan fingerprint density at radius 2 is 1.45 bits per heavy atom. The number of carbonyl (C=O) groups is 1. The van der Waals surface area contributed by atoms with E-state index < -0.39 is 0 Å². The van der Waals surface area contributed by atoms with Crippen molar-refractivity contribution in [2.45, 2.75) is 6.42 Å². The smallest absolute Gasteiger partial charge is 0.278 e. The Morgan fingerprint density at radius 3 is 2.10 bits per heavy atom. The average Bonchev–Trinajstić information content (AvgIpc) is 3.05. The van der Waals surface area contributed by atoms with E-state index in [-0.39, 0.29) is 5.91 Å². The van der Waals surface area contributed by atoms with Crippen molar-refractivity contribution >= 4 is 41.0 Å². The second kappa shape index (κ2) is 8.64. The lowest BCUT2D eigenvalue weighted by Gasteiger charge is -2.18. The molecule has 0 N–H and O–H groups in total. The summed E-state index contributed by atoms with van der Waals surface area (Å²) in [5, 5.41) is 1.36. The molecule has 1 heterocycles. The molecule has 3 aromatic carbocycles. The van der Waals surface area contributed by atoms with Crippen LogP contribution in [0.15, 0.2) is 89.6 Å². The van der Waals surface area contributed by atoms with Crippen LogP contribution in [0.1, 0.15) is 16.7 Å². The minimum absolute atomic E-state index is 0.104. The highest BCUT2D eigenvalue weighted by atomic mass is 35.5. The molecule has 0 radical (unpaired) electrons. The standard InChI is InChI=1S/C24H18Cl2N2O/c25-20-10-6-17(7-11-20)14-15-28-23(19-4-2-1-3-5-19)27-22(24(28)29)16-18-8-12-21(26)13-9-18/h1-13,16H,14-15H2/b22-16+. The average molecular weight is 421 g/mol. The van der Waals surface area contributed by atoms with Crippen LogP contribution in [-0.4, -0.2) is 23.2 Å². The minimum atomic E-state index is -0.104. The first kappa shape index (κ1) is 19.4. The first-order valence-corrected chi connectivity index (χ1v) is 10.0. The summed E-state index contributed by atoms with van der Waals surface area (Å²) in [5.41, 5.74) is 3.33. The SMILES string of the molecule is O=C1/C(=C\c2ccc(Cl)cc2)N=C(c2ccccc2)N1CCc1ccc(Cl)cc1. The number of carbonyl (C=O) groups excluding carboxylic acids is 1. The summed E-state index contributed by atoms with van der Waals surface area (Å²) in [6.07, 6.45) is 2.51. The van der Waals surface area contributed by atoms with Gasteiger partial charge in [0.05, 0.1) is 0 Å². The number of amides is 1. The van der Waals surface area contributed by atoms with E-state index in [1.165, 1.54) is 0 Å². The Balaban J connectivity index is 1.63. The molecular weight excluding hydrogens is 403 g/mol. The second-order valence-electron chi connectivity index (χ2n) is 6.72. The molecule has 0 bridgehead atoms. The van der Waals surface area contributed by atoms with Gasteiger partial charge in [0, 0.05) is 22.2 Å². The summed E-state index contributed by atoms with van der Waals surface area (Å²) < 4.78 is 0. The zero-order valence-electron chi connectivity index (χ0n) is 15.6. The van der Waals surface area contributed by atoms with E-state index in [9.17, 15) is 4.79 Å². The highest BCUT2D eigenvalue weighted by molar-refractivity contribution is 6.30. The predicted molar refractivity (Wildman–Crippen MR) is 119 cm³/mol. The Kier molecular flexibility index (Phi) is 5.79. The molecule has 0 spiro atoms. The van der Waals surface area contributed by atoms with Crippen molar-refractivity contribution in [1.29, 1.82) is 0 Å². The third kappa shape index (κ3) is 4.58. The summed E-state index contributed by atoms with van der Waals surface area (Å²) in [5.74, 6) is 0.567. The molecule has 4 rings (SSSR count). The lowest BCUT2D eigenvalue weighted by Crippen LogP contribution is -2.34. The van der Waals surface area contributed by atoms with E-state index in [4.69, 9.17) is 23.2 Å². The van der Waals surface area contributed by atoms with Crippen molar-refractivity contribution in [3.8, 4) is 0 Å². The van der Waals surface area contributed by atoms with Gasteiger partial charge in [-0.15, -0.1) is 0 Å². The summed E-state index contributed by atoms with van der Waals surface area (Å²) in [6.45, 7) is 0.534. The van der Waals surface area contributed by atoms with Crippen LogP contribution in [0, 0.1) is 0 Å². The van der Waals surface area contributed by atoms with Gasteiger partial charge in [-0.25, -0.2) is 4.99 Å². The lowest BCUT2D eigenvalue weighted by atomic mass is 10.1. The zero-order valence-corrected chi connectivity index (χ0v) is 17.1. The van der Waals surface area contributed by atoms with Gasteiger partial charge in [-0.1, -0.05) is 77.8 Å². The first-order chi connectivity index (χ1) is 14.1. The molecule has 0 saturated carbocycles. The maximum Gasteiger partial charge on any atom is 0.278 e. The van der Waals surface area contributed by atoms with Crippen LogP contribution in [0.25, 0.3) is 6.08 Å². The van der Waals surface area contributed by atoms with E-state index in [0.29, 0.717) is 34.5 Å². The van der Waals surface area contributed by atoms with Gasteiger partial charge in [0.15, 0.2) is 0 Å². The molecule has 3 nitrogen and oxygen atoms in total. The molecule has 0 fully saturated rings. The number of hydrogen-bond acceptors (Lipinski definition) is 2. The Hall–Kier alpha value is -2.88. The molecule has 0 saturated heterocycles. The number of amidine groups is 1. The minimum Gasteiger partial charge on any atom is -0.290 e. The normalized spacial score (nSPS) is 15.1. The van der Waals surface area contributed by atoms with Gasteiger partial charge < -0.3 is 0 Å². The summed E-state index contributed by atoms with van der Waals surface area (Å²) in [6, 6.07) is 24.8. The van der Waals surface area contributed by atoms with E-state index in [1.807, 2.05) is 66.7 Å². The number of halogens is 2. The van der Waals surface area contributed by atoms with Crippen molar-refractivity contribution in [3.05, 3.63) is 111 Å². The van der Waals surface area contributed by atoms with E-state index >= 15 is 0 Å². The van der Waals surface area contributed by atoms with Gasteiger partial charge in [-0.05, 0) is 47.9 Å². The number of nitrogens with zero attached hydrogens (tertiary/aromatic N) is 2. The number of rotatable bonds is 5. The van der Waals surface area contributed by atoms with Crippen molar-refractivity contribution in [1.82, 2.24) is 4.90 Å². The quantitative estimate of drug-likeness (QED) is 0.475. The van der Waals surface area contributed by atoms with Crippen LogP contribution in [0.4, 0.5) is 0 Å². The molecule has 3 aromatic rings. The van der Waals surface area contributed by atoms with Gasteiger partial charge in [-0.2, -0.15) is 0 Å². The maximum atomic E-state index is 13.1. The van der Waals surface area contributed by atoms with Gasteiger partial charge in [0.2, 0.25) is 0 Å². The van der Waals surface area contributed by atoms with Gasteiger partial charge >= 0.3 is 0 Å². The molecule has 0 unspecified atom stereocenters. The summed E-state index contributed by atoms with van der Waals surface area (Å²) in [4.78, 5) is 19.5. The van der Waals surface area contributed by atoms with Crippen LogP contribution in [-0.2, 0) is 11.2 Å². The van der Waals surface area contributed by atoms with E-state index in [1.54, 1.807) is 23.1 Å². The second-order valence-corrected chi connectivity index (χ2v) is 7.59. The van der Waals surface area contributed by atoms with E-state index in [0.717, 1.165) is 16.7 Å². The van der Waals surface area contributed by atoms with Crippen molar-refractivity contribution in [3.63, 3.8) is 0 Å². The molecule has 0 aromatic heterocycles. The van der Waals surface area contributed by atoms with Crippen molar-refractivity contribution in [2.24, 2.45) is 4.99 Å². The van der Waals surface area contributed by atoms with Crippen molar-refractivity contribution < 1.29 is 4.79 Å². The Labute approximate surface area is 179 Å². The fourth-order valence-corrected chi connectivity index (χ4v) is 3.43. The fourth-order valence-electron chi connectivity index (χ4n) is 3.17. The monoisotopic (exact) mass is 420 g/mol. The van der Waals surface area contributed by atoms with Crippen LogP contribution in [0.5, 0.6) is 0 Å². The molecule has 1 aliphatic heterocycles. The summed E-state index contributed by atoms with van der Waals surface area (Å²) in [7, 11) is 0. The van der Waals surface area contributed by atoms with Crippen LogP contribution >= 0.6 is 23.2 Å². The van der Waals surface area contributed by atoms with Crippen LogP contribution in [0.3, 0.4) is 0 Å². The lowest BCUT2D eigenvalue weighted by molar-refractivity contribution is -0.122. The van der Waals surface area contributed by atoms with Crippen molar-refractivity contribution in [2.75, 3.05) is 6.54 Å². The molecule has 1 aliphatic rings. The third-order valence-corrected chi connectivity index (χ3v) is 5.19. The molecule has 5 heteroatoms. The predicted octanol–water partition coefficient (Wildman–Crippen LogP) is 5.87. The van der Waals surface area contributed by atoms with Crippen LogP contribution < -0.4 is 0 Å². The van der Waals surface area contributed by atoms with Gasteiger partial charge in [-0.3, -0.25) is 9.69 Å². The molecule has 144 valence electrons. The molecule has 1 amide bonds.